The number of aliphatic hydroxyl groups excluding tert-OH is 1. The molecule has 4 heteroatoms. The Bertz CT molecular complexity index is 550. The lowest BCUT2D eigenvalue weighted by Crippen LogP contribution is -2.13. The van der Waals surface area contributed by atoms with Crippen molar-refractivity contribution in [2.24, 2.45) is 0 Å². The van der Waals surface area contributed by atoms with Crippen molar-refractivity contribution in [1.82, 2.24) is 4.57 Å². The molecule has 96 valence electrons. The molecule has 0 aliphatic carbocycles. The summed E-state index contributed by atoms with van der Waals surface area (Å²) in [6.07, 6.45) is 3.98. The van der Waals surface area contributed by atoms with Gasteiger partial charge < -0.3 is 19.7 Å². The molecular formula is C14H18N2O2. The predicted octanol–water partition coefficient (Wildman–Crippen LogP) is 2.35. The minimum Gasteiger partial charge on any atom is -0.394 e. The smallest absolute Gasteiger partial charge is 0.134 e. The van der Waals surface area contributed by atoms with Crippen molar-refractivity contribution < 1.29 is 9.84 Å². The summed E-state index contributed by atoms with van der Waals surface area (Å²) >= 11 is 0. The van der Waals surface area contributed by atoms with Crippen LogP contribution >= 0.6 is 0 Å². The SMILES string of the molecule is CNc1cccc2c1ccn2[C@@H]1CC[C@@H](CO)O1. The van der Waals surface area contributed by atoms with Crippen LogP contribution in [-0.4, -0.2) is 29.4 Å². The van der Waals surface area contributed by atoms with Gasteiger partial charge in [-0.1, -0.05) is 6.07 Å². The van der Waals surface area contributed by atoms with Crippen LogP contribution in [0.3, 0.4) is 0 Å². The van der Waals surface area contributed by atoms with Crippen molar-refractivity contribution in [3.63, 3.8) is 0 Å². The third-order valence-electron chi connectivity index (χ3n) is 3.63. The number of hydrogen-bond donors (Lipinski definition) is 2. The van der Waals surface area contributed by atoms with Gasteiger partial charge in [0.1, 0.15) is 6.23 Å². The number of benzene rings is 1. The lowest BCUT2D eigenvalue weighted by atomic mass is 10.2. The van der Waals surface area contributed by atoms with Crippen molar-refractivity contribution in [2.75, 3.05) is 19.0 Å². The van der Waals surface area contributed by atoms with Gasteiger partial charge >= 0.3 is 0 Å². The summed E-state index contributed by atoms with van der Waals surface area (Å²) in [5, 5.41) is 13.5. The molecule has 2 N–H and O–H groups in total. The van der Waals surface area contributed by atoms with Crippen molar-refractivity contribution >= 4 is 16.6 Å². The highest BCUT2D eigenvalue weighted by Crippen LogP contribution is 2.33. The van der Waals surface area contributed by atoms with E-state index in [4.69, 9.17) is 9.84 Å². The highest BCUT2D eigenvalue weighted by molar-refractivity contribution is 5.92. The van der Waals surface area contributed by atoms with E-state index in [9.17, 15) is 0 Å². The van der Waals surface area contributed by atoms with Gasteiger partial charge in [0.05, 0.1) is 18.2 Å². The van der Waals surface area contributed by atoms with E-state index in [0.29, 0.717) is 0 Å². The van der Waals surface area contributed by atoms with Crippen LogP contribution in [0.5, 0.6) is 0 Å². The van der Waals surface area contributed by atoms with Crippen molar-refractivity contribution in [3.05, 3.63) is 30.5 Å². The summed E-state index contributed by atoms with van der Waals surface area (Å²) in [5.74, 6) is 0. The summed E-state index contributed by atoms with van der Waals surface area (Å²) in [4.78, 5) is 0. The highest BCUT2D eigenvalue weighted by atomic mass is 16.5. The molecule has 0 radical (unpaired) electrons. The van der Waals surface area contributed by atoms with E-state index in [-0.39, 0.29) is 18.9 Å². The quantitative estimate of drug-likeness (QED) is 0.874. The Morgan fingerprint density at radius 3 is 3.00 bits per heavy atom. The Balaban J connectivity index is 1.98. The summed E-state index contributed by atoms with van der Waals surface area (Å²) < 4.78 is 7.99. The number of aromatic nitrogens is 1. The maximum absolute atomic E-state index is 9.13. The third-order valence-corrected chi connectivity index (χ3v) is 3.63. The average molecular weight is 246 g/mol. The van der Waals surface area contributed by atoms with Crippen molar-refractivity contribution in [2.45, 2.75) is 25.2 Å². The molecule has 0 amide bonds. The first-order chi connectivity index (χ1) is 8.83. The fourth-order valence-electron chi connectivity index (χ4n) is 2.68. The lowest BCUT2D eigenvalue weighted by molar-refractivity contribution is -0.0202. The van der Waals surface area contributed by atoms with E-state index in [1.165, 1.54) is 10.9 Å². The second-order valence-corrected chi connectivity index (χ2v) is 4.68. The van der Waals surface area contributed by atoms with Crippen LogP contribution in [0, 0.1) is 0 Å². The molecule has 0 spiro atoms. The van der Waals surface area contributed by atoms with Gasteiger partial charge in [-0.05, 0) is 31.0 Å². The molecule has 0 bridgehead atoms. The fraction of sp³-hybridized carbons (Fsp3) is 0.429. The van der Waals surface area contributed by atoms with Crippen LogP contribution in [0.2, 0.25) is 0 Å². The monoisotopic (exact) mass is 246 g/mol. The van der Waals surface area contributed by atoms with Crippen LogP contribution in [0.4, 0.5) is 5.69 Å². The second kappa shape index (κ2) is 4.63. The minimum atomic E-state index is -0.0140. The van der Waals surface area contributed by atoms with Gasteiger partial charge in [-0.3, -0.25) is 0 Å². The third kappa shape index (κ3) is 1.78. The standard InChI is InChI=1S/C14H18N2O2/c1-15-12-3-2-4-13-11(12)7-8-16(13)14-6-5-10(9-17)18-14/h2-4,7-8,10,14-15,17H,5-6,9H2,1H3/t10-,14-/m0/s1. The van der Waals surface area contributed by atoms with E-state index >= 15 is 0 Å². The van der Waals surface area contributed by atoms with Gasteiger partial charge in [-0.2, -0.15) is 0 Å². The van der Waals surface area contributed by atoms with Crippen LogP contribution in [-0.2, 0) is 4.74 Å². The van der Waals surface area contributed by atoms with Gasteiger partial charge in [0.2, 0.25) is 0 Å². The van der Waals surface area contributed by atoms with Gasteiger partial charge in [-0.15, -0.1) is 0 Å². The molecule has 2 aromatic rings. The summed E-state index contributed by atoms with van der Waals surface area (Å²) in [5.41, 5.74) is 2.30. The molecule has 2 atom stereocenters. The average Bonchev–Trinajstić information content (AvgIpc) is 3.03. The normalized spacial score (nSPS) is 23.7. The zero-order valence-electron chi connectivity index (χ0n) is 10.5. The molecular weight excluding hydrogens is 228 g/mol. The number of aliphatic hydroxyl groups is 1. The molecule has 2 heterocycles. The summed E-state index contributed by atoms with van der Waals surface area (Å²) in [6.45, 7) is 0.109. The first-order valence-electron chi connectivity index (χ1n) is 6.37. The van der Waals surface area contributed by atoms with Crippen molar-refractivity contribution in [1.29, 1.82) is 0 Å². The molecule has 0 unspecified atom stereocenters. The van der Waals surface area contributed by atoms with Gasteiger partial charge in [-0.25, -0.2) is 0 Å². The van der Waals surface area contributed by atoms with E-state index < -0.39 is 0 Å². The van der Waals surface area contributed by atoms with Gasteiger partial charge in [0.15, 0.2) is 0 Å². The largest absolute Gasteiger partial charge is 0.394 e. The minimum absolute atomic E-state index is 0.0140. The first-order valence-corrected chi connectivity index (χ1v) is 6.37. The number of anilines is 1. The van der Waals surface area contributed by atoms with Gasteiger partial charge in [0.25, 0.3) is 0 Å². The Kier molecular flexibility index (Phi) is 2.97. The highest BCUT2D eigenvalue weighted by Gasteiger charge is 2.26. The molecule has 1 aromatic carbocycles. The van der Waals surface area contributed by atoms with E-state index in [1.54, 1.807) is 0 Å². The second-order valence-electron chi connectivity index (χ2n) is 4.68. The fourth-order valence-corrected chi connectivity index (χ4v) is 2.68. The van der Waals surface area contributed by atoms with E-state index in [2.05, 4.69) is 34.3 Å². The zero-order valence-corrected chi connectivity index (χ0v) is 10.5. The van der Waals surface area contributed by atoms with Gasteiger partial charge in [0, 0.05) is 24.3 Å². The molecule has 4 nitrogen and oxygen atoms in total. The van der Waals surface area contributed by atoms with Crippen LogP contribution in [0.1, 0.15) is 19.1 Å². The number of nitrogens with zero attached hydrogens (tertiary/aromatic N) is 1. The summed E-state index contributed by atoms with van der Waals surface area (Å²) in [7, 11) is 1.93. The number of hydrogen-bond acceptors (Lipinski definition) is 3. The predicted molar refractivity (Wildman–Crippen MR) is 71.7 cm³/mol. The molecule has 18 heavy (non-hydrogen) atoms. The first kappa shape index (κ1) is 11.6. The molecule has 3 rings (SSSR count). The van der Waals surface area contributed by atoms with E-state index in [0.717, 1.165) is 18.5 Å². The molecule has 1 aliphatic heterocycles. The molecule has 1 fully saturated rings. The zero-order chi connectivity index (χ0) is 12.5. The Labute approximate surface area is 106 Å². The van der Waals surface area contributed by atoms with E-state index in [1.807, 2.05) is 13.1 Å². The summed E-state index contributed by atoms with van der Waals surface area (Å²) in [6, 6.07) is 8.32. The Morgan fingerprint density at radius 2 is 2.28 bits per heavy atom. The van der Waals surface area contributed by atoms with Crippen LogP contribution < -0.4 is 5.32 Å². The topological polar surface area (TPSA) is 46.4 Å². The molecule has 1 aromatic heterocycles. The Hall–Kier alpha value is -1.52. The molecule has 0 saturated carbocycles. The van der Waals surface area contributed by atoms with Crippen LogP contribution in [0.15, 0.2) is 30.5 Å². The number of ether oxygens (including phenoxy) is 1. The van der Waals surface area contributed by atoms with Crippen LogP contribution in [0.25, 0.3) is 10.9 Å². The number of rotatable bonds is 3. The maximum atomic E-state index is 9.13. The Morgan fingerprint density at radius 1 is 1.39 bits per heavy atom. The molecule has 1 saturated heterocycles. The lowest BCUT2D eigenvalue weighted by Gasteiger charge is -2.15. The van der Waals surface area contributed by atoms with Crippen molar-refractivity contribution in [3.8, 4) is 0 Å². The number of fused-ring (bicyclic) bond motifs is 1. The molecule has 1 aliphatic rings. The maximum Gasteiger partial charge on any atom is 0.134 e. The number of nitrogens with one attached hydrogen (secondary N) is 1.